The van der Waals surface area contributed by atoms with E-state index in [4.69, 9.17) is 4.42 Å². The van der Waals surface area contributed by atoms with E-state index in [-0.39, 0.29) is 18.4 Å². The van der Waals surface area contributed by atoms with Crippen LogP contribution >= 0.6 is 0 Å². The molecule has 2 aromatic carbocycles. The molecule has 1 aromatic heterocycles. The van der Waals surface area contributed by atoms with E-state index in [0.717, 1.165) is 11.1 Å². The molecule has 0 spiro atoms. The minimum absolute atomic E-state index is 0.0879. The number of fused-ring (bicyclic) bond motifs is 1. The maximum Gasteiger partial charge on any atom is 0.259 e. The fourth-order valence-corrected chi connectivity index (χ4v) is 3.06. The molecule has 6 heteroatoms. The first-order valence-electron chi connectivity index (χ1n) is 8.46. The van der Waals surface area contributed by atoms with Crippen molar-refractivity contribution in [1.82, 2.24) is 9.88 Å². The lowest BCUT2D eigenvalue weighted by Crippen LogP contribution is -2.32. The van der Waals surface area contributed by atoms with Crippen molar-refractivity contribution in [1.29, 1.82) is 0 Å². The Bertz CT molecular complexity index is 1020. The molecular formula is C21H17N3O3. The summed E-state index contributed by atoms with van der Waals surface area (Å²) in [5.74, 6) is 0.767. The first-order valence-corrected chi connectivity index (χ1v) is 8.46. The summed E-state index contributed by atoms with van der Waals surface area (Å²) in [6.07, 6.45) is 1.66. The summed E-state index contributed by atoms with van der Waals surface area (Å²) in [5.41, 5.74) is 3.38. The van der Waals surface area contributed by atoms with Gasteiger partial charge in [0.15, 0.2) is 11.7 Å². The van der Waals surface area contributed by atoms with Gasteiger partial charge in [-0.05, 0) is 30.3 Å². The van der Waals surface area contributed by atoms with Gasteiger partial charge in [0.25, 0.3) is 5.91 Å². The first kappa shape index (κ1) is 16.8. The number of benzene rings is 2. The van der Waals surface area contributed by atoms with Crippen LogP contribution in [0.2, 0.25) is 0 Å². The highest BCUT2D eigenvalue weighted by atomic mass is 16.4. The number of hydrogen-bond acceptors (Lipinski definition) is 4. The smallest absolute Gasteiger partial charge is 0.259 e. The normalized spacial score (nSPS) is 13.0. The van der Waals surface area contributed by atoms with Crippen LogP contribution in [-0.2, 0) is 4.79 Å². The van der Waals surface area contributed by atoms with Crippen LogP contribution in [-0.4, -0.2) is 28.2 Å². The summed E-state index contributed by atoms with van der Waals surface area (Å²) >= 11 is 0. The van der Waals surface area contributed by atoms with Gasteiger partial charge in [0.2, 0.25) is 5.91 Å². The number of anilines is 1. The lowest BCUT2D eigenvalue weighted by Gasteiger charge is -2.17. The number of amides is 2. The molecule has 134 valence electrons. The van der Waals surface area contributed by atoms with Crippen LogP contribution in [0.3, 0.4) is 0 Å². The summed E-state index contributed by atoms with van der Waals surface area (Å²) < 4.78 is 5.48. The lowest BCUT2D eigenvalue weighted by atomic mass is 10.1. The second kappa shape index (κ2) is 6.57. The third-order valence-corrected chi connectivity index (χ3v) is 4.42. The lowest BCUT2D eigenvalue weighted by molar-refractivity contribution is -0.116. The van der Waals surface area contributed by atoms with Gasteiger partial charge in [-0.25, -0.2) is 4.98 Å². The zero-order valence-corrected chi connectivity index (χ0v) is 14.7. The predicted molar refractivity (Wildman–Crippen MR) is 102 cm³/mol. The molecule has 1 aliphatic rings. The molecule has 6 nitrogen and oxygen atoms in total. The number of nitrogens with zero attached hydrogens (tertiary/aromatic N) is 2. The number of hydrogen-bond donors (Lipinski definition) is 1. The van der Waals surface area contributed by atoms with E-state index in [1.807, 2.05) is 24.3 Å². The summed E-state index contributed by atoms with van der Waals surface area (Å²) in [4.78, 5) is 30.3. The third-order valence-electron chi connectivity index (χ3n) is 4.42. The fraction of sp³-hybridized carbons (Fsp3) is 0.0952. The van der Waals surface area contributed by atoms with Crippen LogP contribution in [0.15, 0.2) is 65.7 Å². The molecule has 1 N–H and O–H groups in total. The van der Waals surface area contributed by atoms with Gasteiger partial charge in [-0.1, -0.05) is 24.8 Å². The quantitative estimate of drug-likeness (QED) is 0.770. The van der Waals surface area contributed by atoms with Crippen molar-refractivity contribution in [3.8, 4) is 11.3 Å². The Labute approximate surface area is 156 Å². The van der Waals surface area contributed by atoms with E-state index in [2.05, 4.69) is 16.9 Å². The second-order valence-corrected chi connectivity index (χ2v) is 6.25. The summed E-state index contributed by atoms with van der Waals surface area (Å²) in [5, 5.41) is 2.80. The van der Waals surface area contributed by atoms with Gasteiger partial charge in [-0.2, -0.15) is 0 Å². The third kappa shape index (κ3) is 3.13. The molecular weight excluding hydrogens is 342 g/mol. The number of oxazole rings is 1. The SMILES string of the molecule is C=C1c2ccccc2C(=O)N1CC(=O)Nc1ccc(-c2cnc(C)o2)cc1. The molecule has 0 saturated carbocycles. The van der Waals surface area contributed by atoms with E-state index >= 15 is 0 Å². The maximum absolute atomic E-state index is 12.5. The van der Waals surface area contributed by atoms with Crippen LogP contribution in [0.25, 0.3) is 17.0 Å². The van der Waals surface area contributed by atoms with Crippen molar-refractivity contribution in [2.45, 2.75) is 6.92 Å². The van der Waals surface area contributed by atoms with Crippen LogP contribution < -0.4 is 5.32 Å². The first-order chi connectivity index (χ1) is 13.0. The van der Waals surface area contributed by atoms with Crippen LogP contribution in [0.4, 0.5) is 5.69 Å². The topological polar surface area (TPSA) is 75.4 Å². The Balaban J connectivity index is 1.43. The average Bonchev–Trinajstić information content (AvgIpc) is 3.20. The van der Waals surface area contributed by atoms with E-state index < -0.39 is 0 Å². The molecule has 0 unspecified atom stereocenters. The highest BCUT2D eigenvalue weighted by Crippen LogP contribution is 2.31. The molecule has 4 rings (SSSR count). The molecule has 3 aromatic rings. The molecule has 0 fully saturated rings. The van der Waals surface area contributed by atoms with Gasteiger partial charge >= 0.3 is 0 Å². The molecule has 2 amide bonds. The van der Waals surface area contributed by atoms with E-state index in [1.165, 1.54) is 4.90 Å². The van der Waals surface area contributed by atoms with E-state index in [0.29, 0.717) is 28.6 Å². The van der Waals surface area contributed by atoms with Crippen LogP contribution in [0, 0.1) is 6.92 Å². The zero-order chi connectivity index (χ0) is 19.0. The van der Waals surface area contributed by atoms with Gasteiger partial charge in [-0.3, -0.25) is 14.5 Å². The molecule has 0 bridgehead atoms. The number of aryl methyl sites for hydroxylation is 1. The largest absolute Gasteiger partial charge is 0.441 e. The van der Waals surface area contributed by atoms with Gasteiger partial charge < -0.3 is 9.73 Å². The molecule has 27 heavy (non-hydrogen) atoms. The fourth-order valence-electron chi connectivity index (χ4n) is 3.06. The Morgan fingerprint density at radius 3 is 2.48 bits per heavy atom. The Morgan fingerprint density at radius 2 is 1.85 bits per heavy atom. The number of rotatable bonds is 4. The van der Waals surface area contributed by atoms with Crippen molar-refractivity contribution in [3.05, 3.63) is 78.3 Å². The van der Waals surface area contributed by atoms with Gasteiger partial charge in [-0.15, -0.1) is 0 Å². The van der Waals surface area contributed by atoms with Crippen molar-refractivity contribution < 1.29 is 14.0 Å². The van der Waals surface area contributed by atoms with Crippen LogP contribution in [0.1, 0.15) is 21.8 Å². The van der Waals surface area contributed by atoms with Gasteiger partial charge in [0.1, 0.15) is 6.54 Å². The van der Waals surface area contributed by atoms with Crippen LogP contribution in [0.5, 0.6) is 0 Å². The van der Waals surface area contributed by atoms with Crippen molar-refractivity contribution in [2.24, 2.45) is 0 Å². The minimum Gasteiger partial charge on any atom is -0.441 e. The summed E-state index contributed by atoms with van der Waals surface area (Å²) in [7, 11) is 0. The molecule has 1 aliphatic heterocycles. The number of carbonyl (C=O) groups is 2. The van der Waals surface area contributed by atoms with E-state index in [1.54, 1.807) is 37.4 Å². The average molecular weight is 359 g/mol. The van der Waals surface area contributed by atoms with Gasteiger partial charge in [0, 0.05) is 35.0 Å². The molecule has 2 heterocycles. The highest BCUT2D eigenvalue weighted by Gasteiger charge is 2.31. The second-order valence-electron chi connectivity index (χ2n) is 6.25. The highest BCUT2D eigenvalue weighted by molar-refractivity contribution is 6.11. The molecule has 0 saturated heterocycles. The Hall–Kier alpha value is -3.67. The number of aromatic nitrogens is 1. The van der Waals surface area contributed by atoms with Crippen molar-refractivity contribution >= 4 is 23.2 Å². The van der Waals surface area contributed by atoms with E-state index in [9.17, 15) is 9.59 Å². The minimum atomic E-state index is -0.291. The Morgan fingerprint density at radius 1 is 1.15 bits per heavy atom. The molecule has 0 atom stereocenters. The zero-order valence-electron chi connectivity index (χ0n) is 14.7. The van der Waals surface area contributed by atoms with Gasteiger partial charge in [0.05, 0.1) is 6.20 Å². The molecule has 0 radical (unpaired) electrons. The number of carbonyl (C=O) groups excluding carboxylic acids is 2. The predicted octanol–water partition coefficient (Wildman–Crippen LogP) is 3.72. The summed E-state index contributed by atoms with van der Waals surface area (Å²) in [6, 6.07) is 14.4. The van der Waals surface area contributed by atoms with Crippen molar-refractivity contribution in [3.63, 3.8) is 0 Å². The standard InChI is InChI=1S/C21H17N3O3/c1-13-17-5-3-4-6-18(17)21(26)24(13)12-20(25)23-16-9-7-15(8-10-16)19-11-22-14(2)27-19/h3-11H,1,12H2,2H3,(H,23,25). The maximum atomic E-state index is 12.5. The number of nitrogens with one attached hydrogen (secondary N) is 1. The Kier molecular flexibility index (Phi) is 4.08. The van der Waals surface area contributed by atoms with Crippen molar-refractivity contribution in [2.75, 3.05) is 11.9 Å². The monoisotopic (exact) mass is 359 g/mol. The molecule has 0 aliphatic carbocycles. The summed E-state index contributed by atoms with van der Waals surface area (Å²) in [6.45, 7) is 5.64.